The zero-order valence-electron chi connectivity index (χ0n) is 31.8. The molecule has 2 atom stereocenters. The van der Waals surface area contributed by atoms with Crippen LogP contribution in [0.15, 0.2) is 29.3 Å². The van der Waals surface area contributed by atoms with E-state index in [1.54, 1.807) is 0 Å². The average Bonchev–Trinajstić information content (AvgIpc) is 3.10. The number of esters is 2. The highest BCUT2D eigenvalue weighted by Crippen LogP contribution is 2.33. The molecule has 6 nitrogen and oxygen atoms in total. The highest BCUT2D eigenvalue weighted by atomic mass is 16.5. The maximum absolute atomic E-state index is 13.2. The molecular formula is C43H73NO5. The van der Waals surface area contributed by atoms with E-state index in [1.165, 1.54) is 70.8 Å². The summed E-state index contributed by atoms with van der Waals surface area (Å²) in [5.41, 5.74) is 10.0. The Morgan fingerprint density at radius 2 is 1.12 bits per heavy atom. The summed E-state index contributed by atoms with van der Waals surface area (Å²) in [4.78, 5) is 29.0. The van der Waals surface area contributed by atoms with Gasteiger partial charge in [-0.1, -0.05) is 128 Å². The van der Waals surface area contributed by atoms with Crippen LogP contribution in [0.25, 0.3) is 0 Å². The molecule has 2 fully saturated rings. The normalized spacial score (nSPS) is 24.5. The van der Waals surface area contributed by atoms with Crippen molar-refractivity contribution in [1.29, 1.82) is 0 Å². The smallest absolute Gasteiger partial charge is 0.306 e. The molecule has 0 spiro atoms. The molecule has 2 aliphatic heterocycles. The van der Waals surface area contributed by atoms with Crippen molar-refractivity contribution in [1.82, 2.24) is 4.90 Å². The van der Waals surface area contributed by atoms with E-state index in [1.807, 2.05) is 0 Å². The van der Waals surface area contributed by atoms with Gasteiger partial charge in [-0.05, 0) is 74.2 Å². The quantitative estimate of drug-likeness (QED) is 0.130. The van der Waals surface area contributed by atoms with Gasteiger partial charge in [0.05, 0.1) is 39.3 Å². The van der Waals surface area contributed by atoms with Gasteiger partial charge in [-0.2, -0.15) is 0 Å². The van der Waals surface area contributed by atoms with Crippen molar-refractivity contribution in [2.75, 3.05) is 46.1 Å². The predicted molar refractivity (Wildman–Crippen MR) is 201 cm³/mol. The molecule has 2 aliphatic rings. The van der Waals surface area contributed by atoms with Crippen LogP contribution in [0.2, 0.25) is 0 Å². The average molecular weight is 684 g/mol. The van der Waals surface area contributed by atoms with Gasteiger partial charge >= 0.3 is 11.9 Å². The van der Waals surface area contributed by atoms with Gasteiger partial charge in [0.25, 0.3) is 0 Å². The Bertz CT molecular complexity index is 932. The van der Waals surface area contributed by atoms with Gasteiger partial charge in [0.15, 0.2) is 0 Å². The maximum Gasteiger partial charge on any atom is 0.306 e. The monoisotopic (exact) mass is 684 g/mol. The largest absolute Gasteiger partial charge is 0.466 e. The summed E-state index contributed by atoms with van der Waals surface area (Å²) < 4.78 is 17.2. The highest BCUT2D eigenvalue weighted by molar-refractivity contribution is 5.71. The van der Waals surface area contributed by atoms with Crippen LogP contribution in [0.1, 0.15) is 168 Å². The third-order valence-electron chi connectivity index (χ3n) is 10.5. The summed E-state index contributed by atoms with van der Waals surface area (Å²) in [5.74, 6) is 0.415. The van der Waals surface area contributed by atoms with Gasteiger partial charge in [-0.3, -0.25) is 14.5 Å². The number of carbonyl (C=O) groups excluding carboxylic acids is 2. The predicted octanol–water partition coefficient (Wildman–Crippen LogP) is 10.7. The van der Waals surface area contributed by atoms with Crippen LogP contribution in [0.4, 0.5) is 0 Å². The van der Waals surface area contributed by atoms with Gasteiger partial charge < -0.3 is 14.2 Å². The third-order valence-corrected chi connectivity index (χ3v) is 10.5. The molecule has 280 valence electrons. The Morgan fingerprint density at radius 1 is 0.653 bits per heavy atom. The number of rotatable bonds is 10. The molecule has 0 aromatic carbocycles. The fourth-order valence-electron chi connectivity index (χ4n) is 7.52. The van der Waals surface area contributed by atoms with E-state index in [2.05, 4.69) is 42.5 Å². The summed E-state index contributed by atoms with van der Waals surface area (Å²) in [6.45, 7) is 14.2. The molecule has 0 bridgehead atoms. The highest BCUT2D eigenvalue weighted by Gasteiger charge is 2.28. The Balaban J connectivity index is 2.08. The van der Waals surface area contributed by atoms with E-state index >= 15 is 0 Å². The summed E-state index contributed by atoms with van der Waals surface area (Å²) in [6, 6.07) is 0. The van der Waals surface area contributed by atoms with Crippen LogP contribution in [0.5, 0.6) is 0 Å². The number of allylic oxidation sites excluding steroid dienone is 1. The molecular weight excluding hydrogens is 610 g/mol. The van der Waals surface area contributed by atoms with Gasteiger partial charge in [0.1, 0.15) is 0 Å². The second-order valence-electron chi connectivity index (χ2n) is 14.7. The molecule has 2 rings (SSSR count). The number of nitrogens with zero attached hydrogens (tertiary/aromatic N) is 1. The zero-order chi connectivity index (χ0) is 35.2. The van der Waals surface area contributed by atoms with Crippen molar-refractivity contribution in [3.63, 3.8) is 0 Å². The zero-order valence-corrected chi connectivity index (χ0v) is 31.8. The fourth-order valence-corrected chi connectivity index (χ4v) is 7.52. The lowest BCUT2D eigenvalue weighted by atomic mass is 9.79. The first-order chi connectivity index (χ1) is 24.1. The first-order valence-electron chi connectivity index (χ1n) is 20.6. The Morgan fingerprint density at radius 3 is 1.59 bits per heavy atom. The molecule has 6 heteroatoms. The second kappa shape index (κ2) is 29.6. The van der Waals surface area contributed by atoms with E-state index < -0.39 is 0 Å². The molecule has 0 aliphatic carbocycles. The van der Waals surface area contributed by atoms with Crippen molar-refractivity contribution in [2.45, 2.75) is 168 Å². The van der Waals surface area contributed by atoms with Crippen LogP contribution in [-0.2, 0) is 23.8 Å². The molecule has 0 radical (unpaired) electrons. The number of hydrogen-bond donors (Lipinski definition) is 0. The van der Waals surface area contributed by atoms with Crippen molar-refractivity contribution in [3.05, 3.63) is 29.3 Å². The minimum absolute atomic E-state index is 0.0371. The second-order valence-corrected chi connectivity index (χ2v) is 14.7. The minimum atomic E-state index is -0.147. The molecule has 2 unspecified atom stereocenters. The van der Waals surface area contributed by atoms with E-state index in [-0.39, 0.29) is 23.8 Å². The summed E-state index contributed by atoms with van der Waals surface area (Å²) >= 11 is 0. The van der Waals surface area contributed by atoms with E-state index in [9.17, 15) is 9.59 Å². The summed E-state index contributed by atoms with van der Waals surface area (Å²) in [7, 11) is 0. The molecule has 2 saturated heterocycles. The molecule has 0 aromatic heterocycles. The summed E-state index contributed by atoms with van der Waals surface area (Å²) in [5, 5.41) is 0. The Kier molecular flexibility index (Phi) is 26.1. The molecule has 0 saturated carbocycles. The summed E-state index contributed by atoms with van der Waals surface area (Å²) in [6.07, 6.45) is 25.7. The maximum atomic E-state index is 13.2. The van der Waals surface area contributed by atoms with Crippen LogP contribution < -0.4 is 0 Å². The Hall–Kier alpha value is -2.06. The first-order valence-corrected chi connectivity index (χ1v) is 20.6. The van der Waals surface area contributed by atoms with Crippen LogP contribution in [0, 0.1) is 17.8 Å². The van der Waals surface area contributed by atoms with E-state index in [4.69, 9.17) is 14.2 Å². The number of carbonyl (C=O) groups is 2. The molecule has 2 heterocycles. The third kappa shape index (κ3) is 21.7. The molecule has 49 heavy (non-hydrogen) atoms. The van der Waals surface area contributed by atoms with Gasteiger partial charge in [-0.25, -0.2) is 0 Å². The standard InChI is InChI=1S/C43H73NO5/c1-4-7-18-26-39-35-42(45)48-31-22-16-12-10-14-20-24-38(37-44-29-33-47-34-30-44)25-21-15-11-13-17-23-32-49-43(46)36-40(27-19-8-5-2)41(39)28-9-6-3/h38-40H,3-5,7-8,10-27,29-37H2,1-2H3. The van der Waals surface area contributed by atoms with Crippen molar-refractivity contribution < 1.29 is 23.8 Å². The van der Waals surface area contributed by atoms with Crippen molar-refractivity contribution in [3.8, 4) is 0 Å². The Labute approximate surface area is 301 Å². The van der Waals surface area contributed by atoms with Crippen molar-refractivity contribution in [2.24, 2.45) is 17.8 Å². The van der Waals surface area contributed by atoms with Crippen LogP contribution >= 0.6 is 0 Å². The lowest BCUT2D eigenvalue weighted by molar-refractivity contribution is -0.145. The number of unbranched alkanes of at least 4 members (excludes halogenated alkanes) is 4. The lowest BCUT2D eigenvalue weighted by Gasteiger charge is -2.30. The van der Waals surface area contributed by atoms with Crippen LogP contribution in [-0.4, -0.2) is 62.9 Å². The fraction of sp³-hybridized carbons (Fsp3) is 0.837. The topological polar surface area (TPSA) is 65.1 Å². The molecule has 0 N–H and O–H groups in total. The van der Waals surface area contributed by atoms with Crippen molar-refractivity contribution >= 4 is 11.9 Å². The van der Waals surface area contributed by atoms with Gasteiger partial charge in [-0.15, -0.1) is 0 Å². The molecule has 0 amide bonds. The first kappa shape index (κ1) is 43.1. The van der Waals surface area contributed by atoms with Crippen LogP contribution in [0.3, 0.4) is 0 Å². The van der Waals surface area contributed by atoms with E-state index in [0.29, 0.717) is 26.1 Å². The van der Waals surface area contributed by atoms with Gasteiger partial charge in [0.2, 0.25) is 0 Å². The SMILES string of the molecule is C=C=C=C=C1C(CCCCC)CC(=O)OCCCCCCCCC(CN2CCOCC2)CCCCCCCCOC(=O)CC1CCCCC. The number of ether oxygens (including phenoxy) is 3. The molecule has 0 aromatic rings. The van der Waals surface area contributed by atoms with Gasteiger partial charge in [0, 0.05) is 19.6 Å². The number of hydrogen-bond acceptors (Lipinski definition) is 6. The van der Waals surface area contributed by atoms with E-state index in [0.717, 1.165) is 115 Å². The number of cyclic esters (lactones) is 2. The minimum Gasteiger partial charge on any atom is -0.466 e. The lowest BCUT2D eigenvalue weighted by Crippen LogP contribution is -2.39. The number of morpholine rings is 1.